The molecule has 0 spiro atoms. The molecule has 0 radical (unpaired) electrons. The molecule has 2 heteroatoms. The first-order valence-electron chi connectivity index (χ1n) is 7.90. The molecular formula is C16H34N2. The van der Waals surface area contributed by atoms with Crippen molar-refractivity contribution >= 4 is 0 Å². The second-order valence-electron chi connectivity index (χ2n) is 6.99. The van der Waals surface area contributed by atoms with E-state index in [1.54, 1.807) is 0 Å². The maximum atomic E-state index is 3.78. The van der Waals surface area contributed by atoms with E-state index in [9.17, 15) is 0 Å². The van der Waals surface area contributed by atoms with Crippen molar-refractivity contribution in [2.75, 3.05) is 26.7 Å². The molecule has 0 amide bonds. The average Bonchev–Trinajstić information content (AvgIpc) is 2.27. The van der Waals surface area contributed by atoms with Crippen LogP contribution in [0.1, 0.15) is 59.8 Å². The van der Waals surface area contributed by atoms with Crippen LogP contribution in [0.2, 0.25) is 0 Å². The monoisotopic (exact) mass is 254 g/mol. The Morgan fingerprint density at radius 3 is 2.56 bits per heavy atom. The van der Waals surface area contributed by atoms with Gasteiger partial charge < -0.3 is 10.2 Å². The summed E-state index contributed by atoms with van der Waals surface area (Å²) in [6.45, 7) is 13.1. The van der Waals surface area contributed by atoms with Gasteiger partial charge >= 0.3 is 0 Å². The Morgan fingerprint density at radius 1 is 1.22 bits per heavy atom. The fraction of sp³-hybridized carbons (Fsp3) is 1.00. The zero-order valence-corrected chi connectivity index (χ0v) is 13.3. The summed E-state index contributed by atoms with van der Waals surface area (Å²) >= 11 is 0. The molecule has 108 valence electrons. The van der Waals surface area contributed by atoms with Crippen molar-refractivity contribution in [2.24, 2.45) is 11.3 Å². The summed E-state index contributed by atoms with van der Waals surface area (Å²) in [6, 6.07) is 0.747. The van der Waals surface area contributed by atoms with Crippen LogP contribution in [0.4, 0.5) is 0 Å². The van der Waals surface area contributed by atoms with E-state index in [1.165, 1.54) is 51.7 Å². The van der Waals surface area contributed by atoms with Crippen LogP contribution in [0.3, 0.4) is 0 Å². The van der Waals surface area contributed by atoms with Crippen LogP contribution in [0, 0.1) is 11.3 Å². The van der Waals surface area contributed by atoms with E-state index in [0.717, 1.165) is 12.0 Å². The van der Waals surface area contributed by atoms with Gasteiger partial charge in [0.2, 0.25) is 0 Å². The summed E-state index contributed by atoms with van der Waals surface area (Å²) in [7, 11) is 2.28. The van der Waals surface area contributed by atoms with Crippen molar-refractivity contribution in [3.8, 4) is 0 Å². The van der Waals surface area contributed by atoms with Crippen LogP contribution in [0.5, 0.6) is 0 Å². The SMILES string of the molecule is CCCNC1CCC(C)(C)CC1CN(C)CCC. The van der Waals surface area contributed by atoms with Gasteiger partial charge in [0.25, 0.3) is 0 Å². The van der Waals surface area contributed by atoms with Crippen molar-refractivity contribution in [1.29, 1.82) is 0 Å². The molecule has 2 nitrogen and oxygen atoms in total. The standard InChI is InChI=1S/C16H34N2/c1-6-10-17-15-8-9-16(3,4)12-14(15)13-18(5)11-7-2/h14-15,17H,6-13H2,1-5H3. The second kappa shape index (κ2) is 7.49. The number of hydrogen-bond acceptors (Lipinski definition) is 2. The van der Waals surface area contributed by atoms with Crippen LogP contribution in [0.15, 0.2) is 0 Å². The van der Waals surface area contributed by atoms with Crippen LogP contribution < -0.4 is 5.32 Å². The molecular weight excluding hydrogens is 220 g/mol. The summed E-state index contributed by atoms with van der Waals surface area (Å²) in [5.41, 5.74) is 0.544. The molecule has 0 aromatic rings. The first kappa shape index (κ1) is 16.0. The van der Waals surface area contributed by atoms with E-state index in [1.807, 2.05) is 0 Å². The molecule has 18 heavy (non-hydrogen) atoms. The van der Waals surface area contributed by atoms with Crippen molar-refractivity contribution in [3.05, 3.63) is 0 Å². The van der Waals surface area contributed by atoms with E-state index in [4.69, 9.17) is 0 Å². The zero-order chi connectivity index (χ0) is 13.6. The molecule has 1 aliphatic carbocycles. The third-order valence-electron chi connectivity index (χ3n) is 4.32. The first-order chi connectivity index (χ1) is 8.48. The molecule has 1 saturated carbocycles. The molecule has 0 aromatic carbocycles. The predicted molar refractivity (Wildman–Crippen MR) is 81.0 cm³/mol. The van der Waals surface area contributed by atoms with Gasteiger partial charge in [0, 0.05) is 12.6 Å². The van der Waals surface area contributed by atoms with Gasteiger partial charge in [-0.3, -0.25) is 0 Å². The first-order valence-corrected chi connectivity index (χ1v) is 7.90. The third-order valence-corrected chi connectivity index (χ3v) is 4.32. The smallest absolute Gasteiger partial charge is 0.0108 e. The third kappa shape index (κ3) is 5.27. The molecule has 2 atom stereocenters. The van der Waals surface area contributed by atoms with Crippen LogP contribution in [0.25, 0.3) is 0 Å². The van der Waals surface area contributed by atoms with Gasteiger partial charge in [0.15, 0.2) is 0 Å². The number of rotatable bonds is 7. The minimum absolute atomic E-state index is 0.544. The van der Waals surface area contributed by atoms with Gasteiger partial charge in [-0.25, -0.2) is 0 Å². The van der Waals surface area contributed by atoms with Crippen LogP contribution in [-0.4, -0.2) is 37.6 Å². The summed E-state index contributed by atoms with van der Waals surface area (Å²) in [5.74, 6) is 0.830. The molecule has 1 N–H and O–H groups in total. The van der Waals surface area contributed by atoms with Crippen LogP contribution in [-0.2, 0) is 0 Å². The largest absolute Gasteiger partial charge is 0.314 e. The van der Waals surface area contributed by atoms with Crippen LogP contribution >= 0.6 is 0 Å². The summed E-state index contributed by atoms with van der Waals surface area (Å²) in [6.07, 6.45) is 6.62. The molecule has 1 rings (SSSR count). The molecule has 1 aliphatic rings. The number of nitrogens with one attached hydrogen (secondary N) is 1. The Kier molecular flexibility index (Phi) is 6.65. The second-order valence-corrected chi connectivity index (χ2v) is 6.99. The zero-order valence-electron chi connectivity index (χ0n) is 13.3. The van der Waals surface area contributed by atoms with Gasteiger partial charge in [-0.2, -0.15) is 0 Å². The molecule has 0 saturated heterocycles. The lowest BCUT2D eigenvalue weighted by Crippen LogP contribution is -2.47. The maximum absolute atomic E-state index is 3.78. The lowest BCUT2D eigenvalue weighted by atomic mass is 9.69. The number of hydrogen-bond donors (Lipinski definition) is 1. The fourth-order valence-corrected chi connectivity index (χ4v) is 3.40. The Balaban J connectivity index is 2.53. The molecule has 0 bridgehead atoms. The quantitative estimate of drug-likeness (QED) is 0.748. The van der Waals surface area contributed by atoms with Gasteiger partial charge in [0.1, 0.15) is 0 Å². The highest BCUT2D eigenvalue weighted by molar-refractivity contribution is 4.89. The lowest BCUT2D eigenvalue weighted by molar-refractivity contribution is 0.109. The molecule has 1 fully saturated rings. The van der Waals surface area contributed by atoms with Crippen molar-refractivity contribution in [3.63, 3.8) is 0 Å². The van der Waals surface area contributed by atoms with Crippen molar-refractivity contribution in [1.82, 2.24) is 10.2 Å². The van der Waals surface area contributed by atoms with Crippen molar-refractivity contribution in [2.45, 2.75) is 65.8 Å². The summed E-state index contributed by atoms with van der Waals surface area (Å²) < 4.78 is 0. The lowest BCUT2D eigenvalue weighted by Gasteiger charge is -2.42. The van der Waals surface area contributed by atoms with Gasteiger partial charge in [0.05, 0.1) is 0 Å². The predicted octanol–water partition coefficient (Wildman–Crippen LogP) is 3.52. The van der Waals surface area contributed by atoms with Gasteiger partial charge in [-0.15, -0.1) is 0 Å². The Labute approximate surface area is 115 Å². The van der Waals surface area contributed by atoms with E-state index >= 15 is 0 Å². The maximum Gasteiger partial charge on any atom is 0.0108 e. The molecule has 0 aromatic heterocycles. The molecule has 2 unspecified atom stereocenters. The van der Waals surface area contributed by atoms with E-state index in [-0.39, 0.29) is 0 Å². The highest BCUT2D eigenvalue weighted by atomic mass is 15.1. The topological polar surface area (TPSA) is 15.3 Å². The Morgan fingerprint density at radius 2 is 1.94 bits per heavy atom. The fourth-order valence-electron chi connectivity index (χ4n) is 3.40. The van der Waals surface area contributed by atoms with Gasteiger partial charge in [-0.05, 0) is 63.6 Å². The number of nitrogens with zero attached hydrogens (tertiary/aromatic N) is 1. The average molecular weight is 254 g/mol. The van der Waals surface area contributed by atoms with Crippen molar-refractivity contribution < 1.29 is 0 Å². The Bertz CT molecular complexity index is 225. The van der Waals surface area contributed by atoms with Gasteiger partial charge in [-0.1, -0.05) is 27.7 Å². The normalized spacial score (nSPS) is 27.7. The summed E-state index contributed by atoms with van der Waals surface area (Å²) in [5, 5.41) is 3.78. The highest BCUT2D eigenvalue weighted by Gasteiger charge is 2.34. The Hall–Kier alpha value is -0.0800. The minimum Gasteiger partial charge on any atom is -0.314 e. The van der Waals surface area contributed by atoms with E-state index in [0.29, 0.717) is 5.41 Å². The molecule has 0 heterocycles. The minimum atomic E-state index is 0.544. The highest BCUT2D eigenvalue weighted by Crippen LogP contribution is 2.39. The summed E-state index contributed by atoms with van der Waals surface area (Å²) in [4.78, 5) is 2.52. The van der Waals surface area contributed by atoms with E-state index in [2.05, 4.69) is 45.0 Å². The molecule has 0 aliphatic heterocycles. The van der Waals surface area contributed by atoms with E-state index < -0.39 is 0 Å².